The van der Waals surface area contributed by atoms with E-state index in [1.54, 1.807) is 14.2 Å². The molecular weight excluding hydrogens is 318 g/mol. The first-order chi connectivity index (χ1) is 11.0. The molecule has 0 saturated heterocycles. The molecule has 0 saturated carbocycles. The molecule has 1 amide bonds. The lowest BCUT2D eigenvalue weighted by Gasteiger charge is -2.18. The second kappa shape index (κ2) is 7.19. The minimum absolute atomic E-state index is 0.0840. The van der Waals surface area contributed by atoms with E-state index < -0.39 is 5.91 Å². The first-order valence-corrected chi connectivity index (χ1v) is 7.28. The van der Waals surface area contributed by atoms with E-state index >= 15 is 0 Å². The highest BCUT2D eigenvalue weighted by Gasteiger charge is 2.13. The fraction of sp³-hybridized carbons (Fsp3) is 0.250. The third-order valence-corrected chi connectivity index (χ3v) is 3.67. The van der Waals surface area contributed by atoms with Crippen LogP contribution in [0.3, 0.4) is 0 Å². The Morgan fingerprint density at radius 2 is 1.96 bits per heavy atom. The largest absolute Gasteiger partial charge is 0.493 e. The zero-order valence-corrected chi connectivity index (χ0v) is 13.8. The van der Waals surface area contributed by atoms with E-state index in [0.717, 1.165) is 5.56 Å². The van der Waals surface area contributed by atoms with Gasteiger partial charge in [-0.2, -0.15) is 0 Å². The van der Waals surface area contributed by atoms with Gasteiger partial charge >= 0.3 is 0 Å². The molecule has 0 aliphatic heterocycles. The van der Waals surface area contributed by atoms with E-state index in [-0.39, 0.29) is 11.6 Å². The van der Waals surface area contributed by atoms with Crippen LogP contribution in [-0.4, -0.2) is 25.1 Å². The predicted octanol–water partition coefficient (Wildman–Crippen LogP) is 3.02. The van der Waals surface area contributed by atoms with Gasteiger partial charge in [0, 0.05) is 6.20 Å². The number of carbonyl (C=O) groups excluding carboxylic acids is 1. The number of methoxy groups -OCH3 is 2. The molecule has 0 spiro atoms. The van der Waals surface area contributed by atoms with E-state index in [9.17, 15) is 4.79 Å². The minimum Gasteiger partial charge on any atom is -0.493 e. The third kappa shape index (κ3) is 3.84. The number of pyridine rings is 1. The van der Waals surface area contributed by atoms with E-state index in [4.69, 9.17) is 26.8 Å². The van der Waals surface area contributed by atoms with Crippen molar-refractivity contribution in [1.82, 2.24) is 4.98 Å². The molecular formula is C16H18ClN3O3. The van der Waals surface area contributed by atoms with Gasteiger partial charge in [0.15, 0.2) is 11.5 Å². The number of halogens is 1. The van der Waals surface area contributed by atoms with Crippen LogP contribution in [0.1, 0.15) is 28.9 Å². The van der Waals surface area contributed by atoms with Gasteiger partial charge in [-0.15, -0.1) is 0 Å². The smallest absolute Gasteiger partial charge is 0.250 e. The number of rotatable bonds is 6. The molecule has 1 aromatic heterocycles. The second-order valence-corrected chi connectivity index (χ2v) is 5.31. The van der Waals surface area contributed by atoms with Crippen molar-refractivity contribution in [3.63, 3.8) is 0 Å². The number of nitrogens with one attached hydrogen (secondary N) is 1. The fourth-order valence-corrected chi connectivity index (χ4v) is 2.31. The van der Waals surface area contributed by atoms with Crippen LogP contribution in [0, 0.1) is 0 Å². The van der Waals surface area contributed by atoms with Crippen molar-refractivity contribution in [3.8, 4) is 11.5 Å². The summed E-state index contributed by atoms with van der Waals surface area (Å²) in [6.45, 7) is 1.96. The summed E-state index contributed by atoms with van der Waals surface area (Å²) in [7, 11) is 3.17. The summed E-state index contributed by atoms with van der Waals surface area (Å²) in [5.74, 6) is 1.20. The molecule has 3 N–H and O–H groups in total. The molecule has 7 heteroatoms. The molecule has 1 heterocycles. The Balaban J connectivity index is 2.22. The van der Waals surface area contributed by atoms with Crippen molar-refractivity contribution < 1.29 is 14.3 Å². The van der Waals surface area contributed by atoms with Crippen molar-refractivity contribution in [1.29, 1.82) is 0 Å². The topological polar surface area (TPSA) is 86.5 Å². The standard InChI is InChI=1S/C16H18ClN3O3/c1-9(10-4-5-13(22-2)14(7-10)23-3)20-16-12(17)6-11(8-19-16)15(18)21/h4-9H,1-3H3,(H2,18,21)(H,19,20)/t9-/m0/s1. The SMILES string of the molecule is COc1ccc([C@H](C)Nc2ncc(C(N)=O)cc2Cl)cc1OC. The number of hydrogen-bond donors (Lipinski definition) is 2. The van der Waals surface area contributed by atoms with Crippen LogP contribution in [0.4, 0.5) is 5.82 Å². The molecule has 0 aliphatic carbocycles. The highest BCUT2D eigenvalue weighted by Crippen LogP contribution is 2.31. The summed E-state index contributed by atoms with van der Waals surface area (Å²) in [5, 5.41) is 3.52. The first-order valence-electron chi connectivity index (χ1n) is 6.90. The number of nitrogens with two attached hydrogens (primary N) is 1. The van der Waals surface area contributed by atoms with Crippen LogP contribution < -0.4 is 20.5 Å². The molecule has 1 atom stereocenters. The summed E-state index contributed by atoms with van der Waals surface area (Å²) < 4.78 is 10.5. The fourth-order valence-electron chi connectivity index (χ4n) is 2.09. The number of amides is 1. The van der Waals surface area contributed by atoms with Crippen LogP contribution in [0.25, 0.3) is 0 Å². The monoisotopic (exact) mass is 335 g/mol. The Hall–Kier alpha value is -2.47. The molecule has 1 aromatic carbocycles. The molecule has 0 fully saturated rings. The number of benzene rings is 1. The summed E-state index contributed by atoms with van der Waals surface area (Å²) in [6.07, 6.45) is 1.39. The van der Waals surface area contributed by atoms with Crippen molar-refractivity contribution in [2.75, 3.05) is 19.5 Å². The number of anilines is 1. The maximum atomic E-state index is 11.1. The molecule has 23 heavy (non-hydrogen) atoms. The van der Waals surface area contributed by atoms with E-state index in [1.807, 2.05) is 25.1 Å². The highest BCUT2D eigenvalue weighted by atomic mass is 35.5. The summed E-state index contributed by atoms with van der Waals surface area (Å²) in [6, 6.07) is 7.03. The number of primary amides is 1. The second-order valence-electron chi connectivity index (χ2n) is 4.90. The number of carbonyl (C=O) groups is 1. The van der Waals surface area contributed by atoms with Gasteiger partial charge in [-0.1, -0.05) is 17.7 Å². The Bertz CT molecular complexity index is 722. The lowest BCUT2D eigenvalue weighted by atomic mass is 10.1. The maximum Gasteiger partial charge on any atom is 0.250 e. The average Bonchev–Trinajstić information content (AvgIpc) is 2.55. The molecule has 122 valence electrons. The van der Waals surface area contributed by atoms with Crippen molar-refractivity contribution >= 4 is 23.3 Å². The van der Waals surface area contributed by atoms with Crippen molar-refractivity contribution in [3.05, 3.63) is 46.6 Å². The van der Waals surface area contributed by atoms with Gasteiger partial charge in [-0.05, 0) is 30.7 Å². The normalized spacial score (nSPS) is 11.7. The Morgan fingerprint density at radius 1 is 1.26 bits per heavy atom. The van der Waals surface area contributed by atoms with Gasteiger partial charge in [-0.25, -0.2) is 4.98 Å². The molecule has 0 radical (unpaired) electrons. The number of hydrogen-bond acceptors (Lipinski definition) is 5. The van der Waals surface area contributed by atoms with Crippen LogP contribution in [-0.2, 0) is 0 Å². The molecule has 0 bridgehead atoms. The summed E-state index contributed by atoms with van der Waals surface area (Å²) in [4.78, 5) is 15.3. The van der Waals surface area contributed by atoms with Gasteiger partial charge < -0.3 is 20.5 Å². The summed E-state index contributed by atoms with van der Waals surface area (Å²) >= 11 is 6.13. The van der Waals surface area contributed by atoms with Gasteiger partial charge in [-0.3, -0.25) is 4.79 Å². The van der Waals surface area contributed by atoms with Crippen LogP contribution in [0.15, 0.2) is 30.5 Å². The predicted molar refractivity (Wildman–Crippen MR) is 89.3 cm³/mol. The average molecular weight is 336 g/mol. The Labute approximate surface area is 139 Å². The lowest BCUT2D eigenvalue weighted by Crippen LogP contribution is -2.13. The van der Waals surface area contributed by atoms with Gasteiger partial charge in [0.2, 0.25) is 5.91 Å². The van der Waals surface area contributed by atoms with Crippen LogP contribution in [0.2, 0.25) is 5.02 Å². The zero-order valence-electron chi connectivity index (χ0n) is 13.1. The van der Waals surface area contributed by atoms with Crippen molar-refractivity contribution in [2.24, 2.45) is 5.73 Å². The number of aromatic nitrogens is 1. The van der Waals surface area contributed by atoms with Crippen molar-refractivity contribution in [2.45, 2.75) is 13.0 Å². The Kier molecular flexibility index (Phi) is 5.28. The van der Waals surface area contributed by atoms with Gasteiger partial charge in [0.25, 0.3) is 0 Å². The maximum absolute atomic E-state index is 11.1. The molecule has 2 rings (SSSR count). The zero-order chi connectivity index (χ0) is 17.0. The molecule has 0 unspecified atom stereocenters. The molecule has 6 nitrogen and oxygen atoms in total. The van der Waals surface area contributed by atoms with Crippen LogP contribution in [0.5, 0.6) is 11.5 Å². The molecule has 2 aromatic rings. The van der Waals surface area contributed by atoms with E-state index in [0.29, 0.717) is 22.3 Å². The first kappa shape index (κ1) is 16.9. The quantitative estimate of drug-likeness (QED) is 0.847. The Morgan fingerprint density at radius 3 is 2.52 bits per heavy atom. The lowest BCUT2D eigenvalue weighted by molar-refractivity contribution is 0.1000. The van der Waals surface area contributed by atoms with Crippen LogP contribution >= 0.6 is 11.6 Å². The summed E-state index contributed by atoms with van der Waals surface area (Å²) in [5.41, 5.74) is 6.44. The van der Waals surface area contributed by atoms with Gasteiger partial charge in [0.1, 0.15) is 5.82 Å². The van der Waals surface area contributed by atoms with Gasteiger partial charge in [0.05, 0.1) is 30.8 Å². The minimum atomic E-state index is -0.570. The van der Waals surface area contributed by atoms with E-state index in [2.05, 4.69) is 10.3 Å². The third-order valence-electron chi connectivity index (χ3n) is 3.39. The highest BCUT2D eigenvalue weighted by molar-refractivity contribution is 6.33. The van der Waals surface area contributed by atoms with E-state index in [1.165, 1.54) is 12.3 Å². The molecule has 0 aliphatic rings. The number of ether oxygens (including phenoxy) is 2. The number of nitrogens with zero attached hydrogens (tertiary/aromatic N) is 1.